The Labute approximate surface area is 126 Å². The van der Waals surface area contributed by atoms with Gasteiger partial charge in [-0.2, -0.15) is 0 Å². The third kappa shape index (κ3) is 2.88. The lowest BCUT2D eigenvalue weighted by Gasteiger charge is -2.23. The van der Waals surface area contributed by atoms with E-state index in [4.69, 9.17) is 16.0 Å². The van der Waals surface area contributed by atoms with Crippen LogP contribution >= 0.6 is 11.6 Å². The fraction of sp³-hybridized carbons (Fsp3) is 0.267. The molecule has 0 spiro atoms. The minimum absolute atomic E-state index is 0.0168. The van der Waals surface area contributed by atoms with E-state index < -0.39 is 5.82 Å². The fourth-order valence-corrected chi connectivity index (χ4v) is 2.74. The molecular formula is C15H14ClFN2O2. The van der Waals surface area contributed by atoms with E-state index in [1.807, 2.05) is 12.1 Å². The average Bonchev–Trinajstić information content (AvgIpc) is 3.12. The second-order valence-corrected chi connectivity index (χ2v) is 5.33. The van der Waals surface area contributed by atoms with Crippen LogP contribution in [-0.4, -0.2) is 17.5 Å². The van der Waals surface area contributed by atoms with Crippen molar-refractivity contribution in [1.29, 1.82) is 0 Å². The lowest BCUT2D eigenvalue weighted by Crippen LogP contribution is -2.34. The second-order valence-electron chi connectivity index (χ2n) is 4.93. The van der Waals surface area contributed by atoms with Gasteiger partial charge in [0, 0.05) is 12.2 Å². The van der Waals surface area contributed by atoms with Gasteiger partial charge in [-0.15, -0.1) is 0 Å². The number of likely N-dealkylation sites (tertiary alicyclic amines) is 1. The summed E-state index contributed by atoms with van der Waals surface area (Å²) in [7, 11) is 0. The van der Waals surface area contributed by atoms with Crippen LogP contribution in [-0.2, 0) is 0 Å². The molecule has 1 atom stereocenters. The number of carbonyl (C=O) groups is 1. The van der Waals surface area contributed by atoms with Crippen molar-refractivity contribution >= 4 is 23.3 Å². The number of nitrogens with zero attached hydrogens (tertiary/aromatic N) is 1. The number of nitrogens with one attached hydrogen (secondary N) is 1. The van der Waals surface area contributed by atoms with Gasteiger partial charge in [-0.1, -0.05) is 11.6 Å². The SMILES string of the molecule is O=C(Nc1ccc(F)c(Cl)c1)N1CCCC1c1ccco1. The first-order valence-corrected chi connectivity index (χ1v) is 7.09. The molecule has 0 aliphatic carbocycles. The standard InChI is InChI=1S/C15H14ClFN2O2/c16-11-9-10(5-6-12(11)17)18-15(20)19-7-1-3-13(19)14-4-2-8-21-14/h2,4-6,8-9,13H,1,3,7H2,(H,18,20). The van der Waals surface area contributed by atoms with Crippen molar-refractivity contribution in [3.05, 3.63) is 53.2 Å². The lowest BCUT2D eigenvalue weighted by atomic mass is 10.2. The number of amides is 2. The number of carbonyl (C=O) groups excluding carboxylic acids is 1. The van der Waals surface area contributed by atoms with Crippen molar-refractivity contribution < 1.29 is 13.6 Å². The van der Waals surface area contributed by atoms with E-state index in [1.165, 1.54) is 18.2 Å². The maximum atomic E-state index is 13.1. The number of hydrogen-bond acceptors (Lipinski definition) is 2. The van der Waals surface area contributed by atoms with E-state index in [9.17, 15) is 9.18 Å². The Bertz CT molecular complexity index is 645. The van der Waals surface area contributed by atoms with E-state index in [0.29, 0.717) is 12.2 Å². The lowest BCUT2D eigenvalue weighted by molar-refractivity contribution is 0.200. The smallest absolute Gasteiger partial charge is 0.322 e. The van der Waals surface area contributed by atoms with Gasteiger partial charge < -0.3 is 14.6 Å². The fourth-order valence-electron chi connectivity index (χ4n) is 2.56. The predicted octanol–water partition coefficient (Wildman–Crippen LogP) is 4.44. The Morgan fingerprint density at radius 1 is 1.43 bits per heavy atom. The molecule has 4 nitrogen and oxygen atoms in total. The summed E-state index contributed by atoms with van der Waals surface area (Å²) in [4.78, 5) is 14.1. The van der Waals surface area contributed by atoms with Crippen molar-refractivity contribution in [2.24, 2.45) is 0 Å². The Morgan fingerprint density at radius 3 is 3.00 bits per heavy atom. The zero-order valence-electron chi connectivity index (χ0n) is 11.2. The summed E-state index contributed by atoms with van der Waals surface area (Å²) in [5.74, 6) is 0.268. The Kier molecular flexibility index (Phi) is 3.84. The zero-order chi connectivity index (χ0) is 14.8. The van der Waals surface area contributed by atoms with Gasteiger partial charge in [-0.25, -0.2) is 9.18 Å². The number of urea groups is 1. The van der Waals surface area contributed by atoms with Crippen LogP contribution in [0.15, 0.2) is 41.0 Å². The molecule has 1 aromatic carbocycles. The Morgan fingerprint density at radius 2 is 2.29 bits per heavy atom. The number of benzene rings is 1. The molecule has 1 aliphatic heterocycles. The van der Waals surface area contributed by atoms with E-state index in [2.05, 4.69) is 5.32 Å². The van der Waals surface area contributed by atoms with Crippen LogP contribution in [0.4, 0.5) is 14.9 Å². The molecule has 3 rings (SSSR count). The van der Waals surface area contributed by atoms with Gasteiger partial charge >= 0.3 is 6.03 Å². The first-order valence-electron chi connectivity index (χ1n) is 6.71. The predicted molar refractivity (Wildman–Crippen MR) is 77.8 cm³/mol. The molecule has 1 fully saturated rings. The molecular weight excluding hydrogens is 295 g/mol. The minimum Gasteiger partial charge on any atom is -0.467 e. The summed E-state index contributed by atoms with van der Waals surface area (Å²) in [6.45, 7) is 0.659. The monoisotopic (exact) mass is 308 g/mol. The van der Waals surface area contributed by atoms with Gasteiger partial charge in [0.15, 0.2) is 0 Å². The second kappa shape index (κ2) is 5.77. The quantitative estimate of drug-likeness (QED) is 0.891. The summed E-state index contributed by atoms with van der Waals surface area (Å²) in [5.41, 5.74) is 0.469. The molecule has 110 valence electrons. The number of halogens is 2. The first-order chi connectivity index (χ1) is 10.1. The van der Waals surface area contributed by atoms with Crippen LogP contribution in [0.25, 0.3) is 0 Å². The summed E-state index contributed by atoms with van der Waals surface area (Å²) in [6, 6.07) is 7.48. The molecule has 0 radical (unpaired) electrons. The van der Waals surface area contributed by atoms with Crippen molar-refractivity contribution in [3.63, 3.8) is 0 Å². The third-order valence-corrected chi connectivity index (χ3v) is 3.85. The van der Waals surface area contributed by atoms with E-state index >= 15 is 0 Å². The molecule has 1 unspecified atom stereocenters. The number of rotatable bonds is 2. The molecule has 21 heavy (non-hydrogen) atoms. The van der Waals surface area contributed by atoms with E-state index in [0.717, 1.165) is 18.6 Å². The van der Waals surface area contributed by atoms with Crippen molar-refractivity contribution in [2.45, 2.75) is 18.9 Å². The molecule has 0 saturated carbocycles. The van der Waals surface area contributed by atoms with Gasteiger partial charge in [0.2, 0.25) is 0 Å². The molecule has 2 aromatic rings. The molecule has 1 N–H and O–H groups in total. The van der Waals surface area contributed by atoms with E-state index in [1.54, 1.807) is 11.2 Å². The summed E-state index contributed by atoms with van der Waals surface area (Å²) in [5, 5.41) is 2.72. The van der Waals surface area contributed by atoms with Crippen LogP contribution in [0.3, 0.4) is 0 Å². The molecule has 1 aromatic heterocycles. The molecule has 1 saturated heterocycles. The minimum atomic E-state index is -0.510. The molecule has 1 aliphatic rings. The summed E-state index contributed by atoms with van der Waals surface area (Å²) >= 11 is 5.71. The van der Waals surface area contributed by atoms with Gasteiger partial charge in [0.05, 0.1) is 17.3 Å². The topological polar surface area (TPSA) is 45.5 Å². The highest BCUT2D eigenvalue weighted by atomic mass is 35.5. The van der Waals surface area contributed by atoms with Crippen LogP contribution < -0.4 is 5.32 Å². The van der Waals surface area contributed by atoms with E-state index in [-0.39, 0.29) is 17.1 Å². The average molecular weight is 309 g/mol. The van der Waals surface area contributed by atoms with Gasteiger partial charge in [0.25, 0.3) is 0 Å². The van der Waals surface area contributed by atoms with Crippen LogP contribution in [0.5, 0.6) is 0 Å². The summed E-state index contributed by atoms with van der Waals surface area (Å²) < 4.78 is 18.5. The first kappa shape index (κ1) is 13.9. The zero-order valence-corrected chi connectivity index (χ0v) is 11.9. The van der Waals surface area contributed by atoms with Crippen molar-refractivity contribution in [1.82, 2.24) is 4.90 Å². The third-order valence-electron chi connectivity index (χ3n) is 3.56. The van der Waals surface area contributed by atoms with Crippen LogP contribution in [0, 0.1) is 5.82 Å². The number of furan rings is 1. The summed E-state index contributed by atoms with van der Waals surface area (Å²) in [6.07, 6.45) is 3.39. The number of hydrogen-bond donors (Lipinski definition) is 1. The van der Waals surface area contributed by atoms with Crippen LogP contribution in [0.1, 0.15) is 24.6 Å². The maximum Gasteiger partial charge on any atom is 0.322 e. The molecule has 2 heterocycles. The highest BCUT2D eigenvalue weighted by molar-refractivity contribution is 6.31. The van der Waals surface area contributed by atoms with Crippen molar-refractivity contribution in [3.8, 4) is 0 Å². The number of anilines is 1. The van der Waals surface area contributed by atoms with Crippen LogP contribution in [0.2, 0.25) is 5.02 Å². The molecule has 6 heteroatoms. The van der Waals surface area contributed by atoms with Gasteiger partial charge in [0.1, 0.15) is 11.6 Å². The van der Waals surface area contributed by atoms with Gasteiger partial charge in [-0.05, 0) is 43.2 Å². The molecule has 0 bridgehead atoms. The molecule has 2 amide bonds. The largest absolute Gasteiger partial charge is 0.467 e. The Balaban J connectivity index is 1.73. The Hall–Kier alpha value is -2.01. The highest BCUT2D eigenvalue weighted by Gasteiger charge is 2.31. The maximum absolute atomic E-state index is 13.1. The van der Waals surface area contributed by atoms with Gasteiger partial charge in [-0.3, -0.25) is 0 Å². The normalized spacial score (nSPS) is 18.0. The highest BCUT2D eigenvalue weighted by Crippen LogP contribution is 2.32. The van der Waals surface area contributed by atoms with Crippen molar-refractivity contribution in [2.75, 3.05) is 11.9 Å².